The minimum atomic E-state index is -0.207. The molecular formula is C14H19N3O2S2. The van der Waals surface area contributed by atoms with Gasteiger partial charge in [-0.2, -0.15) is 11.8 Å². The summed E-state index contributed by atoms with van der Waals surface area (Å²) in [5.41, 5.74) is 0.711. The fourth-order valence-corrected chi connectivity index (χ4v) is 3.34. The standard InChI is InChI=1S/C14H19N3O2S2/c1-10-12(13(19)16-11(9-18)5-8-20-2)21-14(15-10)17-6-3-4-7-17/h3-4,6-7,11,18H,5,8-9H2,1-2H3,(H,16,19). The Bertz CT molecular complexity index is 581. The van der Waals surface area contributed by atoms with Gasteiger partial charge in [-0.3, -0.25) is 4.79 Å². The van der Waals surface area contributed by atoms with Crippen molar-refractivity contribution in [3.8, 4) is 5.13 Å². The van der Waals surface area contributed by atoms with Crippen molar-refractivity contribution >= 4 is 29.0 Å². The zero-order valence-electron chi connectivity index (χ0n) is 12.1. The third-order valence-electron chi connectivity index (χ3n) is 3.04. The summed E-state index contributed by atoms with van der Waals surface area (Å²) in [5.74, 6) is 0.741. The number of aliphatic hydroxyl groups is 1. The molecule has 114 valence electrons. The van der Waals surface area contributed by atoms with Crippen molar-refractivity contribution in [1.29, 1.82) is 0 Å². The van der Waals surface area contributed by atoms with E-state index in [0.717, 1.165) is 17.3 Å². The van der Waals surface area contributed by atoms with Crippen LogP contribution >= 0.6 is 23.1 Å². The summed E-state index contributed by atoms with van der Waals surface area (Å²) >= 11 is 3.05. The van der Waals surface area contributed by atoms with Crippen LogP contribution in [0.4, 0.5) is 0 Å². The van der Waals surface area contributed by atoms with Gasteiger partial charge in [0.05, 0.1) is 18.3 Å². The van der Waals surface area contributed by atoms with Crippen molar-refractivity contribution in [3.63, 3.8) is 0 Å². The van der Waals surface area contributed by atoms with E-state index in [1.807, 2.05) is 42.3 Å². The number of aliphatic hydroxyl groups excluding tert-OH is 1. The molecule has 0 saturated carbocycles. The van der Waals surface area contributed by atoms with Crippen LogP contribution in [0.1, 0.15) is 21.8 Å². The zero-order chi connectivity index (χ0) is 15.2. The number of rotatable bonds is 7. The molecule has 0 spiro atoms. The number of aryl methyl sites for hydroxylation is 1. The smallest absolute Gasteiger partial charge is 0.263 e. The molecule has 5 nitrogen and oxygen atoms in total. The van der Waals surface area contributed by atoms with Crippen molar-refractivity contribution in [2.45, 2.75) is 19.4 Å². The van der Waals surface area contributed by atoms with Crippen LogP contribution in [0.15, 0.2) is 24.5 Å². The number of thioether (sulfide) groups is 1. The molecule has 0 aromatic carbocycles. The molecule has 2 aromatic heterocycles. The number of carbonyl (C=O) groups excluding carboxylic acids is 1. The second-order valence-corrected chi connectivity index (χ2v) is 6.60. The van der Waals surface area contributed by atoms with Gasteiger partial charge in [-0.05, 0) is 37.5 Å². The van der Waals surface area contributed by atoms with E-state index in [9.17, 15) is 9.90 Å². The van der Waals surface area contributed by atoms with Crippen LogP contribution in [0, 0.1) is 6.92 Å². The van der Waals surface area contributed by atoms with E-state index >= 15 is 0 Å². The highest BCUT2D eigenvalue weighted by Crippen LogP contribution is 2.21. The topological polar surface area (TPSA) is 67.2 Å². The van der Waals surface area contributed by atoms with Crippen molar-refractivity contribution in [2.24, 2.45) is 0 Å². The van der Waals surface area contributed by atoms with Crippen LogP contribution in [0.25, 0.3) is 5.13 Å². The highest BCUT2D eigenvalue weighted by Gasteiger charge is 2.18. The monoisotopic (exact) mass is 325 g/mol. The number of hydrogen-bond donors (Lipinski definition) is 2. The fourth-order valence-electron chi connectivity index (χ4n) is 1.89. The van der Waals surface area contributed by atoms with Crippen molar-refractivity contribution in [2.75, 3.05) is 18.6 Å². The Labute approximate surface area is 132 Å². The lowest BCUT2D eigenvalue weighted by Crippen LogP contribution is -2.37. The van der Waals surface area contributed by atoms with Gasteiger partial charge in [0.15, 0.2) is 5.13 Å². The molecule has 21 heavy (non-hydrogen) atoms. The van der Waals surface area contributed by atoms with E-state index in [1.54, 1.807) is 11.8 Å². The van der Waals surface area contributed by atoms with Gasteiger partial charge in [0.1, 0.15) is 4.88 Å². The molecule has 1 amide bonds. The molecule has 0 fully saturated rings. The van der Waals surface area contributed by atoms with E-state index < -0.39 is 0 Å². The SMILES string of the molecule is CSCCC(CO)NC(=O)c1sc(-n2cccc2)nc1C. The first kappa shape index (κ1) is 16.1. The maximum absolute atomic E-state index is 12.3. The molecule has 0 saturated heterocycles. The summed E-state index contributed by atoms with van der Waals surface area (Å²) < 4.78 is 1.88. The van der Waals surface area contributed by atoms with Gasteiger partial charge in [-0.25, -0.2) is 4.98 Å². The van der Waals surface area contributed by atoms with Gasteiger partial charge in [0, 0.05) is 12.4 Å². The van der Waals surface area contributed by atoms with Crippen molar-refractivity contribution in [1.82, 2.24) is 14.9 Å². The Hall–Kier alpha value is -1.31. The summed E-state index contributed by atoms with van der Waals surface area (Å²) in [6, 6.07) is 3.63. The first-order valence-electron chi connectivity index (χ1n) is 6.67. The lowest BCUT2D eigenvalue weighted by atomic mass is 10.2. The second-order valence-electron chi connectivity index (χ2n) is 4.64. The molecule has 0 aliphatic carbocycles. The third kappa shape index (κ3) is 4.09. The molecule has 2 N–H and O–H groups in total. The van der Waals surface area contributed by atoms with Crippen LogP contribution in [0.3, 0.4) is 0 Å². The van der Waals surface area contributed by atoms with Crippen molar-refractivity contribution in [3.05, 3.63) is 35.1 Å². The van der Waals surface area contributed by atoms with E-state index in [1.165, 1.54) is 11.3 Å². The molecule has 1 unspecified atom stereocenters. The number of amides is 1. The fraction of sp³-hybridized carbons (Fsp3) is 0.429. The predicted octanol–water partition coefficient (Wildman–Crippen LogP) is 2.09. The highest BCUT2D eigenvalue weighted by molar-refractivity contribution is 7.98. The molecular weight excluding hydrogens is 306 g/mol. The first-order valence-corrected chi connectivity index (χ1v) is 8.88. The van der Waals surface area contributed by atoms with Gasteiger partial charge in [0.2, 0.25) is 0 Å². The predicted molar refractivity (Wildman–Crippen MR) is 87.5 cm³/mol. The Morgan fingerprint density at radius 3 is 2.86 bits per heavy atom. The van der Waals surface area contributed by atoms with Gasteiger partial charge in [0.25, 0.3) is 5.91 Å². The highest BCUT2D eigenvalue weighted by atomic mass is 32.2. The molecule has 2 heterocycles. The van der Waals surface area contributed by atoms with Crippen LogP contribution in [0.5, 0.6) is 0 Å². The van der Waals surface area contributed by atoms with E-state index in [-0.39, 0.29) is 18.6 Å². The van der Waals surface area contributed by atoms with Gasteiger partial charge < -0.3 is 15.0 Å². The minimum absolute atomic E-state index is 0.0470. The third-order valence-corrected chi connectivity index (χ3v) is 4.86. The van der Waals surface area contributed by atoms with Gasteiger partial charge >= 0.3 is 0 Å². The number of aromatic nitrogens is 2. The number of hydrogen-bond acceptors (Lipinski definition) is 5. The first-order chi connectivity index (χ1) is 10.2. The molecule has 0 aliphatic heterocycles. The summed E-state index contributed by atoms with van der Waals surface area (Å²) in [4.78, 5) is 17.3. The average molecular weight is 325 g/mol. The van der Waals surface area contributed by atoms with Crippen LogP contribution in [-0.4, -0.2) is 45.2 Å². The number of nitrogens with zero attached hydrogens (tertiary/aromatic N) is 2. The van der Waals surface area contributed by atoms with Gasteiger partial charge in [-0.15, -0.1) is 0 Å². The van der Waals surface area contributed by atoms with E-state index in [4.69, 9.17) is 0 Å². The summed E-state index contributed by atoms with van der Waals surface area (Å²) in [5, 5.41) is 13.0. The Morgan fingerprint density at radius 2 is 2.24 bits per heavy atom. The number of carbonyl (C=O) groups is 1. The molecule has 2 aromatic rings. The molecule has 1 atom stereocenters. The quantitative estimate of drug-likeness (QED) is 0.818. The second kappa shape index (κ2) is 7.63. The normalized spacial score (nSPS) is 12.3. The molecule has 0 radical (unpaired) electrons. The van der Waals surface area contributed by atoms with Crippen LogP contribution in [0.2, 0.25) is 0 Å². The Balaban J connectivity index is 2.08. The molecule has 2 rings (SSSR count). The summed E-state index contributed by atoms with van der Waals surface area (Å²) in [7, 11) is 0. The van der Waals surface area contributed by atoms with E-state index in [2.05, 4.69) is 10.3 Å². The Kier molecular flexibility index (Phi) is 5.84. The lowest BCUT2D eigenvalue weighted by Gasteiger charge is -2.15. The number of thiazole rings is 1. The largest absolute Gasteiger partial charge is 0.394 e. The molecule has 7 heteroatoms. The van der Waals surface area contributed by atoms with Gasteiger partial charge in [-0.1, -0.05) is 11.3 Å². The van der Waals surface area contributed by atoms with Crippen LogP contribution in [-0.2, 0) is 0 Å². The number of nitrogens with one attached hydrogen (secondary N) is 1. The lowest BCUT2D eigenvalue weighted by molar-refractivity contribution is 0.0918. The average Bonchev–Trinajstić information content (AvgIpc) is 3.12. The summed E-state index contributed by atoms with van der Waals surface area (Å²) in [6.07, 6.45) is 6.56. The van der Waals surface area contributed by atoms with Crippen LogP contribution < -0.4 is 5.32 Å². The maximum Gasteiger partial charge on any atom is 0.263 e. The minimum Gasteiger partial charge on any atom is -0.394 e. The Morgan fingerprint density at radius 1 is 1.52 bits per heavy atom. The molecule has 0 aliphatic rings. The maximum atomic E-state index is 12.3. The van der Waals surface area contributed by atoms with Crippen molar-refractivity contribution < 1.29 is 9.90 Å². The molecule has 0 bridgehead atoms. The summed E-state index contributed by atoms with van der Waals surface area (Å²) in [6.45, 7) is 1.78. The zero-order valence-corrected chi connectivity index (χ0v) is 13.7. The van der Waals surface area contributed by atoms with E-state index in [0.29, 0.717) is 10.6 Å².